The Kier molecular flexibility index (Phi) is 2.82. The molecule has 0 saturated carbocycles. The first-order valence-corrected chi connectivity index (χ1v) is 4.28. The van der Waals surface area contributed by atoms with Crippen molar-refractivity contribution in [3.8, 4) is 0 Å². The molecule has 66 valence electrons. The lowest BCUT2D eigenvalue weighted by Gasteiger charge is -2.09. The molecule has 1 aromatic heterocycles. The van der Waals surface area contributed by atoms with Crippen LogP contribution >= 0.6 is 0 Å². The van der Waals surface area contributed by atoms with Crippen molar-refractivity contribution in [3.63, 3.8) is 0 Å². The summed E-state index contributed by atoms with van der Waals surface area (Å²) >= 11 is 0. The first-order chi connectivity index (χ1) is 5.63. The number of hydrogen-bond acceptors (Lipinski definition) is 2. The number of nitrogens with zero attached hydrogens (tertiary/aromatic N) is 1. The molecule has 0 aliphatic rings. The van der Waals surface area contributed by atoms with Gasteiger partial charge in [0.15, 0.2) is 0 Å². The molecule has 0 fully saturated rings. The second-order valence-corrected chi connectivity index (χ2v) is 3.35. The number of aryl methyl sites for hydroxylation is 2. The second kappa shape index (κ2) is 3.68. The van der Waals surface area contributed by atoms with Crippen LogP contribution in [0.25, 0.3) is 0 Å². The topological polar surface area (TPSA) is 38.9 Å². The van der Waals surface area contributed by atoms with Crippen molar-refractivity contribution in [2.75, 3.05) is 6.54 Å². The maximum Gasteiger partial charge on any atom is 0.0450 e. The van der Waals surface area contributed by atoms with Crippen LogP contribution in [0.4, 0.5) is 0 Å². The summed E-state index contributed by atoms with van der Waals surface area (Å²) in [6.45, 7) is 6.86. The monoisotopic (exact) mass is 164 g/mol. The minimum Gasteiger partial charge on any atom is -0.330 e. The molecule has 1 atom stereocenters. The molecule has 1 rings (SSSR count). The predicted molar refractivity (Wildman–Crippen MR) is 51.2 cm³/mol. The highest BCUT2D eigenvalue weighted by molar-refractivity contribution is 5.21. The van der Waals surface area contributed by atoms with Crippen LogP contribution in [0, 0.1) is 13.8 Å². The number of hydrogen-bond donors (Lipinski definition) is 1. The van der Waals surface area contributed by atoms with Crippen LogP contribution in [0.15, 0.2) is 12.1 Å². The predicted octanol–water partition coefficient (Wildman–Crippen LogP) is 1.76. The van der Waals surface area contributed by atoms with Crippen molar-refractivity contribution >= 4 is 0 Å². The Balaban J connectivity index is 3.00. The van der Waals surface area contributed by atoms with Gasteiger partial charge in [0.05, 0.1) is 0 Å². The summed E-state index contributed by atoms with van der Waals surface area (Å²) in [5, 5.41) is 0. The Morgan fingerprint density at radius 1 is 1.42 bits per heavy atom. The van der Waals surface area contributed by atoms with Gasteiger partial charge in [0.2, 0.25) is 0 Å². The van der Waals surface area contributed by atoms with E-state index < -0.39 is 0 Å². The molecule has 0 amide bonds. The van der Waals surface area contributed by atoms with Gasteiger partial charge in [-0.1, -0.05) is 6.92 Å². The van der Waals surface area contributed by atoms with E-state index in [0.717, 1.165) is 11.4 Å². The fourth-order valence-corrected chi connectivity index (χ4v) is 1.25. The van der Waals surface area contributed by atoms with Crippen molar-refractivity contribution in [1.29, 1.82) is 0 Å². The molecule has 0 aliphatic carbocycles. The van der Waals surface area contributed by atoms with Gasteiger partial charge in [0.25, 0.3) is 0 Å². The molecule has 1 unspecified atom stereocenters. The molecular formula is C10H16N2. The zero-order valence-electron chi connectivity index (χ0n) is 7.96. The molecule has 1 heterocycles. The minimum atomic E-state index is 0.364. The maximum atomic E-state index is 5.56. The summed E-state index contributed by atoms with van der Waals surface area (Å²) in [4.78, 5) is 4.42. The van der Waals surface area contributed by atoms with Crippen molar-refractivity contribution in [3.05, 3.63) is 29.1 Å². The number of aromatic nitrogens is 1. The fraction of sp³-hybridized carbons (Fsp3) is 0.500. The zero-order valence-corrected chi connectivity index (χ0v) is 7.96. The summed E-state index contributed by atoms with van der Waals surface area (Å²) in [5.74, 6) is 0.364. The Hall–Kier alpha value is -0.890. The molecule has 2 heteroatoms. The summed E-state index contributed by atoms with van der Waals surface area (Å²) in [6.07, 6.45) is 0. The van der Waals surface area contributed by atoms with Gasteiger partial charge in [-0.15, -0.1) is 0 Å². The van der Waals surface area contributed by atoms with Crippen LogP contribution < -0.4 is 5.73 Å². The second-order valence-electron chi connectivity index (χ2n) is 3.35. The first-order valence-electron chi connectivity index (χ1n) is 4.28. The van der Waals surface area contributed by atoms with Gasteiger partial charge in [-0.25, -0.2) is 0 Å². The van der Waals surface area contributed by atoms with Crippen LogP contribution in [-0.2, 0) is 0 Å². The normalized spacial score (nSPS) is 13.0. The molecule has 0 radical (unpaired) electrons. The van der Waals surface area contributed by atoms with Gasteiger partial charge >= 0.3 is 0 Å². The summed E-state index contributed by atoms with van der Waals surface area (Å²) in [5.41, 5.74) is 9.01. The third-order valence-corrected chi connectivity index (χ3v) is 1.98. The molecule has 0 aliphatic heterocycles. The molecule has 12 heavy (non-hydrogen) atoms. The van der Waals surface area contributed by atoms with Crippen molar-refractivity contribution in [2.24, 2.45) is 5.73 Å². The highest BCUT2D eigenvalue weighted by atomic mass is 14.7. The highest BCUT2D eigenvalue weighted by Crippen LogP contribution is 2.13. The standard InChI is InChI=1S/C10H16N2/c1-7-4-9(3)12-10(5-7)8(2)6-11/h4-5,8H,6,11H2,1-3H3. The molecule has 0 aromatic carbocycles. The quantitative estimate of drug-likeness (QED) is 0.723. The van der Waals surface area contributed by atoms with Crippen molar-refractivity contribution in [1.82, 2.24) is 4.98 Å². The van der Waals surface area contributed by atoms with E-state index in [1.807, 2.05) is 6.92 Å². The van der Waals surface area contributed by atoms with E-state index in [0.29, 0.717) is 12.5 Å². The lowest BCUT2D eigenvalue weighted by Crippen LogP contribution is -2.11. The van der Waals surface area contributed by atoms with Crippen molar-refractivity contribution < 1.29 is 0 Å². The zero-order chi connectivity index (χ0) is 9.14. The Morgan fingerprint density at radius 2 is 2.08 bits per heavy atom. The van der Waals surface area contributed by atoms with Crippen LogP contribution in [0.2, 0.25) is 0 Å². The molecule has 1 aromatic rings. The molecule has 0 spiro atoms. The third-order valence-electron chi connectivity index (χ3n) is 1.98. The number of nitrogens with two attached hydrogens (primary N) is 1. The average molecular weight is 164 g/mol. The van der Waals surface area contributed by atoms with E-state index in [4.69, 9.17) is 5.73 Å². The highest BCUT2D eigenvalue weighted by Gasteiger charge is 2.04. The van der Waals surface area contributed by atoms with E-state index in [2.05, 4.69) is 31.0 Å². The largest absolute Gasteiger partial charge is 0.330 e. The fourth-order valence-electron chi connectivity index (χ4n) is 1.25. The van der Waals surface area contributed by atoms with E-state index in [-0.39, 0.29) is 0 Å². The Morgan fingerprint density at radius 3 is 2.58 bits per heavy atom. The molecule has 0 bridgehead atoms. The SMILES string of the molecule is Cc1cc(C)nc(C(C)CN)c1. The maximum absolute atomic E-state index is 5.56. The Labute approximate surface area is 73.8 Å². The van der Waals surface area contributed by atoms with Crippen LogP contribution in [0.1, 0.15) is 29.8 Å². The molecular weight excluding hydrogens is 148 g/mol. The average Bonchev–Trinajstić information content (AvgIpc) is 2.01. The summed E-state index contributed by atoms with van der Waals surface area (Å²) in [6, 6.07) is 4.18. The van der Waals surface area contributed by atoms with Gasteiger partial charge < -0.3 is 5.73 Å². The van der Waals surface area contributed by atoms with Gasteiger partial charge in [-0.3, -0.25) is 4.98 Å². The lowest BCUT2D eigenvalue weighted by molar-refractivity contribution is 0.740. The van der Waals surface area contributed by atoms with Gasteiger partial charge in [-0.05, 0) is 31.5 Å². The minimum absolute atomic E-state index is 0.364. The molecule has 2 nitrogen and oxygen atoms in total. The van der Waals surface area contributed by atoms with Crippen LogP contribution in [-0.4, -0.2) is 11.5 Å². The Bertz CT molecular complexity index is 248. The van der Waals surface area contributed by atoms with Crippen LogP contribution in [0.3, 0.4) is 0 Å². The number of rotatable bonds is 2. The molecule has 2 N–H and O–H groups in total. The van der Waals surface area contributed by atoms with E-state index >= 15 is 0 Å². The van der Waals surface area contributed by atoms with Crippen molar-refractivity contribution in [2.45, 2.75) is 26.7 Å². The molecule has 0 saturated heterocycles. The summed E-state index contributed by atoms with van der Waals surface area (Å²) in [7, 11) is 0. The van der Waals surface area contributed by atoms with E-state index in [1.54, 1.807) is 0 Å². The van der Waals surface area contributed by atoms with Gasteiger partial charge in [-0.2, -0.15) is 0 Å². The number of pyridine rings is 1. The lowest BCUT2D eigenvalue weighted by atomic mass is 10.1. The van der Waals surface area contributed by atoms with E-state index in [9.17, 15) is 0 Å². The smallest absolute Gasteiger partial charge is 0.0450 e. The van der Waals surface area contributed by atoms with Gasteiger partial charge in [0.1, 0.15) is 0 Å². The van der Waals surface area contributed by atoms with Crippen LogP contribution in [0.5, 0.6) is 0 Å². The van der Waals surface area contributed by atoms with E-state index in [1.165, 1.54) is 5.56 Å². The third kappa shape index (κ3) is 2.05. The summed E-state index contributed by atoms with van der Waals surface area (Å²) < 4.78 is 0. The van der Waals surface area contributed by atoms with Gasteiger partial charge in [0, 0.05) is 23.9 Å². The first kappa shape index (κ1) is 9.20.